The monoisotopic (exact) mass is 453 g/mol. The molecule has 0 radical (unpaired) electrons. The van der Waals surface area contributed by atoms with Crippen molar-refractivity contribution in [2.75, 3.05) is 0 Å². The normalized spacial score (nSPS) is 12.0. The van der Waals surface area contributed by atoms with Gasteiger partial charge in [0.15, 0.2) is 0 Å². The van der Waals surface area contributed by atoms with E-state index >= 15 is 0 Å². The van der Waals surface area contributed by atoms with Crippen LogP contribution in [0.2, 0.25) is 19.6 Å². The molecule has 1 aromatic heterocycles. The molecule has 1 nitrogen and oxygen atoms in total. The number of rotatable bonds is 3. The predicted molar refractivity (Wildman–Crippen MR) is 151 cm³/mol. The second kappa shape index (κ2) is 7.93. The van der Waals surface area contributed by atoms with Gasteiger partial charge in [0.1, 0.15) is 0 Å². The van der Waals surface area contributed by atoms with Gasteiger partial charge in [-0.1, -0.05) is 105 Å². The van der Waals surface area contributed by atoms with Crippen LogP contribution in [-0.4, -0.2) is 13.1 Å². The van der Waals surface area contributed by atoms with Gasteiger partial charge in [-0.25, -0.2) is 0 Å². The molecule has 0 aliphatic carbocycles. The van der Waals surface area contributed by atoms with Crippen LogP contribution in [0.4, 0.5) is 0 Å². The lowest BCUT2D eigenvalue weighted by Gasteiger charge is -2.16. The zero-order valence-corrected chi connectivity index (χ0v) is 20.8. The van der Waals surface area contributed by atoms with E-state index in [1.54, 1.807) is 0 Å². The minimum atomic E-state index is -1.37. The maximum Gasteiger partial charge on any atom is 0.0796 e. The van der Waals surface area contributed by atoms with Gasteiger partial charge in [-0.05, 0) is 66.8 Å². The van der Waals surface area contributed by atoms with Crippen molar-refractivity contribution in [3.8, 4) is 22.4 Å². The fourth-order valence-electron chi connectivity index (χ4n) is 4.93. The Morgan fingerprint density at radius 1 is 0.471 bits per heavy atom. The molecule has 1 heterocycles. The summed E-state index contributed by atoms with van der Waals surface area (Å²) >= 11 is 0. The molecular formula is C32H27NSi. The molecule has 0 spiro atoms. The first-order chi connectivity index (χ1) is 16.5. The van der Waals surface area contributed by atoms with E-state index in [2.05, 4.69) is 129 Å². The number of hydrogen-bond acceptors (Lipinski definition) is 1. The number of benzene rings is 5. The number of pyridine rings is 1. The summed E-state index contributed by atoms with van der Waals surface area (Å²) < 4.78 is 0. The maximum absolute atomic E-state index is 4.86. The Balaban J connectivity index is 1.62. The van der Waals surface area contributed by atoms with Crippen molar-refractivity contribution >= 4 is 45.6 Å². The molecule has 0 unspecified atom stereocenters. The van der Waals surface area contributed by atoms with Crippen LogP contribution in [0.3, 0.4) is 0 Å². The van der Waals surface area contributed by atoms with Crippen molar-refractivity contribution in [1.29, 1.82) is 0 Å². The summed E-state index contributed by atoms with van der Waals surface area (Å²) in [5, 5.41) is 9.13. The molecule has 0 atom stereocenters. The number of hydrogen-bond donors (Lipinski definition) is 0. The van der Waals surface area contributed by atoms with Crippen molar-refractivity contribution in [3.63, 3.8) is 0 Å². The Hall–Kier alpha value is -3.75. The SMILES string of the molecule is C[Si](C)(C)c1ccc(-c2ccc3c4ccccc4c4ccc(-c5ccccc5)cc4c3c2)nc1. The molecule has 0 N–H and O–H groups in total. The van der Waals surface area contributed by atoms with E-state index < -0.39 is 8.07 Å². The van der Waals surface area contributed by atoms with E-state index in [1.807, 2.05) is 0 Å². The van der Waals surface area contributed by atoms with Gasteiger partial charge in [0.2, 0.25) is 0 Å². The Morgan fingerprint density at radius 3 is 1.62 bits per heavy atom. The van der Waals surface area contributed by atoms with Crippen LogP contribution in [0, 0.1) is 0 Å². The van der Waals surface area contributed by atoms with Crippen molar-refractivity contribution in [2.24, 2.45) is 0 Å². The molecule has 0 saturated heterocycles. The smallest absolute Gasteiger partial charge is 0.0796 e. The Labute approximate surface area is 201 Å². The van der Waals surface area contributed by atoms with Gasteiger partial charge in [-0.2, -0.15) is 0 Å². The van der Waals surface area contributed by atoms with Gasteiger partial charge >= 0.3 is 0 Å². The van der Waals surface area contributed by atoms with Crippen LogP contribution in [0.1, 0.15) is 0 Å². The van der Waals surface area contributed by atoms with Crippen molar-refractivity contribution in [3.05, 3.63) is 109 Å². The summed E-state index contributed by atoms with van der Waals surface area (Å²) in [6, 6.07) is 37.5. The second-order valence-corrected chi connectivity index (χ2v) is 15.2. The fourth-order valence-corrected chi connectivity index (χ4v) is 5.97. The molecule has 0 fully saturated rings. The van der Waals surface area contributed by atoms with Gasteiger partial charge in [-0.15, -0.1) is 0 Å². The molecule has 0 aliphatic rings. The highest BCUT2D eigenvalue weighted by molar-refractivity contribution is 6.88. The predicted octanol–water partition coefficient (Wildman–Crippen LogP) is 8.42. The third-order valence-electron chi connectivity index (χ3n) is 6.87. The molecule has 0 bridgehead atoms. The Morgan fingerprint density at radius 2 is 1.03 bits per heavy atom. The number of nitrogens with zero attached hydrogens (tertiary/aromatic N) is 1. The summed E-state index contributed by atoms with van der Waals surface area (Å²) in [5.74, 6) is 0. The van der Waals surface area contributed by atoms with Crippen molar-refractivity contribution < 1.29 is 0 Å². The highest BCUT2D eigenvalue weighted by atomic mass is 28.3. The van der Waals surface area contributed by atoms with Crippen LogP contribution in [-0.2, 0) is 0 Å². The van der Waals surface area contributed by atoms with Crippen LogP contribution in [0.15, 0.2) is 109 Å². The van der Waals surface area contributed by atoms with E-state index in [-0.39, 0.29) is 0 Å². The van der Waals surface area contributed by atoms with E-state index in [1.165, 1.54) is 48.6 Å². The fraction of sp³-hybridized carbons (Fsp3) is 0.0938. The molecule has 6 aromatic rings. The molecule has 6 rings (SSSR count). The molecule has 0 saturated carbocycles. The first kappa shape index (κ1) is 20.8. The topological polar surface area (TPSA) is 12.9 Å². The van der Waals surface area contributed by atoms with Crippen molar-refractivity contribution in [2.45, 2.75) is 19.6 Å². The average Bonchev–Trinajstić information content (AvgIpc) is 2.88. The molecule has 164 valence electrons. The minimum absolute atomic E-state index is 1.03. The van der Waals surface area contributed by atoms with E-state index in [0.29, 0.717) is 0 Å². The standard InChI is InChI=1S/C32H27NSi/c1-34(2,3)25-15-18-32(33-21-25)24-14-17-29-27-12-8-7-11-26(27)28-16-13-23(19-30(28)31(29)20-24)22-9-5-4-6-10-22/h4-21H,1-3H3. The molecular weight excluding hydrogens is 426 g/mol. The number of fused-ring (bicyclic) bond motifs is 6. The lowest BCUT2D eigenvalue weighted by molar-refractivity contribution is 1.34. The Bertz CT molecular complexity index is 1660. The summed E-state index contributed by atoms with van der Waals surface area (Å²) in [7, 11) is -1.37. The van der Waals surface area contributed by atoms with Gasteiger partial charge in [0.05, 0.1) is 13.8 Å². The summed E-state index contributed by atoms with van der Waals surface area (Å²) in [4.78, 5) is 4.86. The molecule has 2 heteroatoms. The summed E-state index contributed by atoms with van der Waals surface area (Å²) in [6.07, 6.45) is 2.08. The van der Waals surface area contributed by atoms with Crippen LogP contribution < -0.4 is 5.19 Å². The van der Waals surface area contributed by atoms with E-state index in [4.69, 9.17) is 4.98 Å². The van der Waals surface area contributed by atoms with Gasteiger partial charge in [0.25, 0.3) is 0 Å². The van der Waals surface area contributed by atoms with E-state index in [9.17, 15) is 0 Å². The molecule has 34 heavy (non-hydrogen) atoms. The Kier molecular flexibility index (Phi) is 4.86. The maximum atomic E-state index is 4.86. The first-order valence-corrected chi connectivity index (χ1v) is 15.4. The summed E-state index contributed by atoms with van der Waals surface area (Å²) in [6.45, 7) is 7.09. The quantitative estimate of drug-likeness (QED) is 0.193. The highest BCUT2D eigenvalue weighted by Crippen LogP contribution is 2.38. The van der Waals surface area contributed by atoms with Gasteiger partial charge < -0.3 is 0 Å². The first-order valence-electron chi connectivity index (χ1n) is 11.9. The third-order valence-corrected chi connectivity index (χ3v) is 8.90. The van der Waals surface area contributed by atoms with Crippen LogP contribution in [0.5, 0.6) is 0 Å². The zero-order valence-electron chi connectivity index (χ0n) is 19.8. The molecule has 0 aliphatic heterocycles. The molecule has 0 amide bonds. The van der Waals surface area contributed by atoms with Gasteiger partial charge in [0, 0.05) is 11.8 Å². The van der Waals surface area contributed by atoms with Gasteiger partial charge in [-0.3, -0.25) is 4.98 Å². The highest BCUT2D eigenvalue weighted by Gasteiger charge is 2.17. The van der Waals surface area contributed by atoms with Crippen LogP contribution >= 0.6 is 0 Å². The molecule has 5 aromatic carbocycles. The summed E-state index contributed by atoms with van der Waals surface area (Å²) in [5.41, 5.74) is 4.68. The largest absolute Gasteiger partial charge is 0.256 e. The number of aromatic nitrogens is 1. The van der Waals surface area contributed by atoms with E-state index in [0.717, 1.165) is 11.3 Å². The third kappa shape index (κ3) is 3.51. The second-order valence-electron chi connectivity index (χ2n) is 10.1. The van der Waals surface area contributed by atoms with Crippen molar-refractivity contribution in [1.82, 2.24) is 4.98 Å². The minimum Gasteiger partial charge on any atom is -0.256 e. The zero-order chi connectivity index (χ0) is 23.3. The average molecular weight is 454 g/mol. The lowest BCUT2D eigenvalue weighted by Crippen LogP contribution is -2.37. The van der Waals surface area contributed by atoms with Crippen LogP contribution in [0.25, 0.3) is 54.7 Å². The lowest BCUT2D eigenvalue weighted by atomic mass is 9.91.